The average molecular weight is 260 g/mol. The van der Waals surface area contributed by atoms with Crippen molar-refractivity contribution in [1.29, 1.82) is 0 Å². The second-order valence-corrected chi connectivity index (χ2v) is 4.26. The van der Waals surface area contributed by atoms with Gasteiger partial charge in [-0.05, 0) is 12.1 Å². The lowest BCUT2D eigenvalue weighted by atomic mass is 10.2. The Hall–Kier alpha value is -2.57. The molecular formula is C12H16N6O. The van der Waals surface area contributed by atoms with Gasteiger partial charge in [-0.15, -0.1) is 0 Å². The Labute approximate surface area is 111 Å². The molecule has 7 nitrogen and oxygen atoms in total. The third kappa shape index (κ3) is 3.01. The zero-order valence-corrected chi connectivity index (χ0v) is 10.9. The topological polar surface area (TPSA) is 92.6 Å². The van der Waals surface area contributed by atoms with E-state index in [2.05, 4.69) is 15.2 Å². The molecule has 0 amide bonds. The van der Waals surface area contributed by atoms with Crippen LogP contribution in [0.25, 0.3) is 0 Å². The van der Waals surface area contributed by atoms with E-state index in [1.165, 1.54) is 0 Å². The molecule has 0 atom stereocenters. The van der Waals surface area contributed by atoms with Crippen LogP contribution >= 0.6 is 0 Å². The lowest BCUT2D eigenvalue weighted by Gasteiger charge is -2.18. The molecule has 0 unspecified atom stereocenters. The molecule has 0 fully saturated rings. The Bertz CT molecular complexity index is 591. The smallest absolute Gasteiger partial charge is 0.188 e. The van der Waals surface area contributed by atoms with Gasteiger partial charge in [0.05, 0.1) is 6.20 Å². The first-order chi connectivity index (χ1) is 9.10. The maximum absolute atomic E-state index is 8.65. The van der Waals surface area contributed by atoms with Crippen LogP contribution < -0.4 is 10.6 Å². The quantitative estimate of drug-likeness (QED) is 0.362. The van der Waals surface area contributed by atoms with Crippen molar-refractivity contribution in [2.75, 3.05) is 11.9 Å². The van der Waals surface area contributed by atoms with Crippen LogP contribution in [-0.4, -0.2) is 32.9 Å². The van der Waals surface area contributed by atoms with Crippen molar-refractivity contribution >= 4 is 11.5 Å². The molecule has 2 aromatic heterocycles. The fourth-order valence-electron chi connectivity index (χ4n) is 1.77. The number of hydrogen-bond donors (Lipinski definition) is 2. The highest BCUT2D eigenvalue weighted by Crippen LogP contribution is 2.15. The van der Waals surface area contributed by atoms with Gasteiger partial charge in [0.15, 0.2) is 5.84 Å². The summed E-state index contributed by atoms with van der Waals surface area (Å²) in [5, 5.41) is 15.7. The van der Waals surface area contributed by atoms with Gasteiger partial charge in [0.2, 0.25) is 0 Å². The minimum atomic E-state index is -0.00312. The zero-order valence-electron chi connectivity index (χ0n) is 10.9. The van der Waals surface area contributed by atoms with Crippen LogP contribution in [0, 0.1) is 0 Å². The zero-order chi connectivity index (χ0) is 13.8. The molecule has 2 heterocycles. The molecular weight excluding hydrogens is 244 g/mol. The third-order valence-corrected chi connectivity index (χ3v) is 2.73. The summed E-state index contributed by atoms with van der Waals surface area (Å²) in [5.41, 5.74) is 8.00. The Morgan fingerprint density at radius 1 is 1.58 bits per heavy atom. The third-order valence-electron chi connectivity index (χ3n) is 2.73. The van der Waals surface area contributed by atoms with Gasteiger partial charge in [-0.1, -0.05) is 5.16 Å². The molecule has 0 aliphatic carbocycles. The number of hydrogen-bond acceptors (Lipinski definition) is 5. The van der Waals surface area contributed by atoms with Gasteiger partial charge in [-0.3, -0.25) is 9.67 Å². The standard InChI is InChI=1S/C12H16N6O/c1-17(7-9-6-15-18(2)8-9)10-3-4-14-11(5-10)12(13)16-19/h3-6,8,19H,7H2,1-2H3,(H2,13,16). The lowest BCUT2D eigenvalue weighted by Crippen LogP contribution is -2.19. The predicted molar refractivity (Wildman–Crippen MR) is 72.1 cm³/mol. The van der Waals surface area contributed by atoms with Gasteiger partial charge in [-0.25, -0.2) is 0 Å². The van der Waals surface area contributed by atoms with Gasteiger partial charge in [0.25, 0.3) is 0 Å². The largest absolute Gasteiger partial charge is 0.409 e. The molecule has 19 heavy (non-hydrogen) atoms. The Kier molecular flexibility index (Phi) is 3.65. The summed E-state index contributed by atoms with van der Waals surface area (Å²) in [4.78, 5) is 6.08. The van der Waals surface area contributed by atoms with Gasteiger partial charge >= 0.3 is 0 Å². The molecule has 0 spiro atoms. The number of anilines is 1. The minimum Gasteiger partial charge on any atom is -0.409 e. The molecule has 100 valence electrons. The van der Waals surface area contributed by atoms with Crippen LogP contribution in [0.15, 0.2) is 35.9 Å². The van der Waals surface area contributed by atoms with E-state index in [9.17, 15) is 0 Å². The molecule has 3 N–H and O–H groups in total. The van der Waals surface area contributed by atoms with Crippen LogP contribution in [0.1, 0.15) is 11.3 Å². The van der Waals surface area contributed by atoms with E-state index in [1.807, 2.05) is 37.5 Å². The number of nitrogens with two attached hydrogens (primary N) is 1. The molecule has 0 radical (unpaired) electrons. The second kappa shape index (κ2) is 5.38. The van der Waals surface area contributed by atoms with Crippen LogP contribution in [0.4, 0.5) is 5.69 Å². The van der Waals surface area contributed by atoms with E-state index in [1.54, 1.807) is 16.9 Å². The SMILES string of the molecule is CN(Cc1cnn(C)c1)c1ccnc(C(N)=NO)c1. The van der Waals surface area contributed by atoms with Crippen LogP contribution in [0.2, 0.25) is 0 Å². The summed E-state index contributed by atoms with van der Waals surface area (Å²) < 4.78 is 1.76. The summed E-state index contributed by atoms with van der Waals surface area (Å²) in [6.07, 6.45) is 5.41. The molecule has 0 aliphatic heterocycles. The van der Waals surface area contributed by atoms with E-state index in [0.29, 0.717) is 12.2 Å². The Morgan fingerprint density at radius 2 is 2.37 bits per heavy atom. The first-order valence-electron chi connectivity index (χ1n) is 5.73. The number of oxime groups is 1. The number of aromatic nitrogens is 3. The molecule has 0 aromatic carbocycles. The summed E-state index contributed by atoms with van der Waals surface area (Å²) in [7, 11) is 3.84. The van der Waals surface area contributed by atoms with Gasteiger partial charge < -0.3 is 15.8 Å². The van der Waals surface area contributed by atoms with Gasteiger partial charge in [0.1, 0.15) is 5.69 Å². The van der Waals surface area contributed by atoms with Gasteiger partial charge in [0, 0.05) is 44.3 Å². The number of pyridine rings is 1. The molecule has 0 saturated carbocycles. The van der Waals surface area contributed by atoms with Crippen molar-refractivity contribution in [2.24, 2.45) is 17.9 Å². The molecule has 0 aliphatic rings. The molecule has 2 aromatic rings. The van der Waals surface area contributed by atoms with Crippen molar-refractivity contribution in [1.82, 2.24) is 14.8 Å². The number of amidine groups is 1. The van der Waals surface area contributed by atoms with E-state index >= 15 is 0 Å². The normalized spacial score (nSPS) is 11.6. The van der Waals surface area contributed by atoms with Crippen molar-refractivity contribution in [3.8, 4) is 0 Å². The van der Waals surface area contributed by atoms with Crippen LogP contribution in [0.3, 0.4) is 0 Å². The van der Waals surface area contributed by atoms with Gasteiger partial charge in [-0.2, -0.15) is 5.10 Å². The molecule has 7 heteroatoms. The first kappa shape index (κ1) is 12.9. The predicted octanol–water partition coefficient (Wildman–Crippen LogP) is 0.546. The van der Waals surface area contributed by atoms with Crippen molar-refractivity contribution < 1.29 is 5.21 Å². The van der Waals surface area contributed by atoms with Crippen LogP contribution in [0.5, 0.6) is 0 Å². The van der Waals surface area contributed by atoms with Crippen LogP contribution in [-0.2, 0) is 13.6 Å². The monoisotopic (exact) mass is 260 g/mol. The van der Waals surface area contributed by atoms with E-state index in [-0.39, 0.29) is 5.84 Å². The minimum absolute atomic E-state index is 0.00312. The molecule has 0 saturated heterocycles. The summed E-state index contributed by atoms with van der Waals surface area (Å²) in [5.74, 6) is -0.00312. The molecule has 2 rings (SSSR count). The second-order valence-electron chi connectivity index (χ2n) is 4.26. The maximum atomic E-state index is 8.65. The first-order valence-corrected chi connectivity index (χ1v) is 5.73. The lowest BCUT2D eigenvalue weighted by molar-refractivity contribution is 0.318. The van der Waals surface area contributed by atoms with Crippen molar-refractivity contribution in [3.05, 3.63) is 42.0 Å². The fourth-order valence-corrected chi connectivity index (χ4v) is 1.77. The maximum Gasteiger partial charge on any atom is 0.188 e. The van der Waals surface area contributed by atoms with Crippen molar-refractivity contribution in [2.45, 2.75) is 6.54 Å². The summed E-state index contributed by atoms with van der Waals surface area (Å²) in [6, 6.07) is 3.63. The highest BCUT2D eigenvalue weighted by atomic mass is 16.4. The number of rotatable bonds is 4. The highest BCUT2D eigenvalue weighted by molar-refractivity contribution is 5.95. The van der Waals surface area contributed by atoms with E-state index < -0.39 is 0 Å². The fraction of sp³-hybridized carbons (Fsp3) is 0.250. The number of nitrogens with zero attached hydrogens (tertiary/aromatic N) is 5. The Balaban J connectivity index is 2.17. The average Bonchev–Trinajstić information content (AvgIpc) is 2.83. The summed E-state index contributed by atoms with van der Waals surface area (Å²) >= 11 is 0. The Morgan fingerprint density at radius 3 is 3.00 bits per heavy atom. The highest BCUT2D eigenvalue weighted by Gasteiger charge is 2.07. The molecule has 0 bridgehead atoms. The number of aryl methyl sites for hydroxylation is 1. The summed E-state index contributed by atoms with van der Waals surface area (Å²) in [6.45, 7) is 0.716. The van der Waals surface area contributed by atoms with Crippen molar-refractivity contribution in [3.63, 3.8) is 0 Å². The van der Waals surface area contributed by atoms with E-state index in [4.69, 9.17) is 10.9 Å². The van der Waals surface area contributed by atoms with E-state index in [0.717, 1.165) is 11.3 Å².